The van der Waals surface area contributed by atoms with Gasteiger partial charge in [-0.2, -0.15) is 0 Å². The van der Waals surface area contributed by atoms with Gasteiger partial charge in [0.2, 0.25) is 0 Å². The summed E-state index contributed by atoms with van der Waals surface area (Å²) in [4.78, 5) is 14.0. The molecule has 0 spiro atoms. The maximum atomic E-state index is 12.4. The summed E-state index contributed by atoms with van der Waals surface area (Å²) >= 11 is 6.22. The summed E-state index contributed by atoms with van der Waals surface area (Å²) in [6.45, 7) is 3.87. The predicted octanol–water partition coefficient (Wildman–Crippen LogP) is 4.42. The van der Waals surface area contributed by atoms with E-state index in [1.807, 2.05) is 68.4 Å². The number of hydrogen-bond acceptors (Lipinski definition) is 1. The molecule has 0 aromatic heterocycles. The fraction of sp³-hybridized carbons (Fsp3) is 0.235. The van der Waals surface area contributed by atoms with Gasteiger partial charge in [0.1, 0.15) is 0 Å². The maximum absolute atomic E-state index is 12.4. The molecule has 0 fully saturated rings. The molecular formula is C17H19ClN2O. The van der Waals surface area contributed by atoms with Crippen LogP contribution in [0.3, 0.4) is 0 Å². The molecule has 0 unspecified atom stereocenters. The van der Waals surface area contributed by atoms with Crippen molar-refractivity contribution >= 4 is 23.3 Å². The van der Waals surface area contributed by atoms with E-state index in [1.54, 1.807) is 11.9 Å². The first-order valence-corrected chi connectivity index (χ1v) is 7.15. The van der Waals surface area contributed by atoms with Gasteiger partial charge in [-0.25, -0.2) is 4.79 Å². The van der Waals surface area contributed by atoms with Gasteiger partial charge >= 0.3 is 6.03 Å². The van der Waals surface area contributed by atoms with E-state index in [-0.39, 0.29) is 6.03 Å². The van der Waals surface area contributed by atoms with Crippen LogP contribution in [0.5, 0.6) is 0 Å². The minimum atomic E-state index is -0.557. The molecular weight excluding hydrogens is 284 g/mol. The van der Waals surface area contributed by atoms with Gasteiger partial charge in [-0.1, -0.05) is 48.0 Å². The first kappa shape index (κ1) is 15.4. The van der Waals surface area contributed by atoms with Crippen molar-refractivity contribution in [3.63, 3.8) is 0 Å². The second-order valence-electron chi connectivity index (χ2n) is 5.43. The van der Waals surface area contributed by atoms with Gasteiger partial charge in [0.15, 0.2) is 0 Å². The van der Waals surface area contributed by atoms with Crippen molar-refractivity contribution < 1.29 is 4.79 Å². The summed E-state index contributed by atoms with van der Waals surface area (Å²) in [6, 6.07) is 16.9. The lowest BCUT2D eigenvalue weighted by Crippen LogP contribution is -2.47. The van der Waals surface area contributed by atoms with Gasteiger partial charge in [-0.15, -0.1) is 0 Å². The quantitative estimate of drug-likeness (QED) is 0.894. The van der Waals surface area contributed by atoms with Crippen LogP contribution >= 0.6 is 11.6 Å². The number of amides is 2. The highest BCUT2D eigenvalue weighted by Crippen LogP contribution is 2.27. The molecule has 2 amide bonds. The van der Waals surface area contributed by atoms with Crippen LogP contribution in [0.25, 0.3) is 0 Å². The number of urea groups is 1. The lowest BCUT2D eigenvalue weighted by atomic mass is 9.94. The molecule has 1 N–H and O–H groups in total. The zero-order valence-electron chi connectivity index (χ0n) is 12.4. The third kappa shape index (κ3) is 3.56. The fourth-order valence-electron chi connectivity index (χ4n) is 2.16. The lowest BCUT2D eigenvalue weighted by molar-refractivity contribution is 0.237. The van der Waals surface area contributed by atoms with Crippen molar-refractivity contribution in [3.8, 4) is 0 Å². The minimum Gasteiger partial charge on any atom is -0.329 e. The van der Waals surface area contributed by atoms with E-state index in [1.165, 1.54) is 0 Å². The molecule has 0 aliphatic rings. The Hall–Kier alpha value is -2.00. The minimum absolute atomic E-state index is 0.175. The first-order valence-electron chi connectivity index (χ1n) is 6.78. The number of para-hydroxylation sites is 1. The third-order valence-corrected chi connectivity index (χ3v) is 3.74. The van der Waals surface area contributed by atoms with Crippen LogP contribution < -0.4 is 10.2 Å². The largest absolute Gasteiger partial charge is 0.329 e. The predicted molar refractivity (Wildman–Crippen MR) is 87.9 cm³/mol. The molecule has 2 aromatic rings. The Morgan fingerprint density at radius 3 is 2.24 bits per heavy atom. The maximum Gasteiger partial charge on any atom is 0.322 e. The Balaban J connectivity index is 2.17. The van der Waals surface area contributed by atoms with Gasteiger partial charge in [0.25, 0.3) is 0 Å². The molecule has 4 heteroatoms. The SMILES string of the molecule is CN(C(=O)NC(C)(C)c1ccccc1Cl)c1ccccc1. The second-order valence-corrected chi connectivity index (χ2v) is 5.84. The molecule has 0 radical (unpaired) electrons. The van der Waals surface area contributed by atoms with Gasteiger partial charge in [-0.05, 0) is 37.6 Å². The molecule has 21 heavy (non-hydrogen) atoms. The third-order valence-electron chi connectivity index (χ3n) is 3.41. The molecule has 0 heterocycles. The lowest BCUT2D eigenvalue weighted by Gasteiger charge is -2.30. The smallest absolute Gasteiger partial charge is 0.322 e. The highest BCUT2D eigenvalue weighted by molar-refractivity contribution is 6.31. The van der Waals surface area contributed by atoms with Gasteiger partial charge < -0.3 is 5.32 Å². The van der Waals surface area contributed by atoms with Crippen LogP contribution in [0, 0.1) is 0 Å². The van der Waals surface area contributed by atoms with E-state index < -0.39 is 5.54 Å². The van der Waals surface area contributed by atoms with E-state index in [9.17, 15) is 4.79 Å². The monoisotopic (exact) mass is 302 g/mol. The van der Waals surface area contributed by atoms with Crippen molar-refractivity contribution in [2.45, 2.75) is 19.4 Å². The summed E-state index contributed by atoms with van der Waals surface area (Å²) < 4.78 is 0. The highest BCUT2D eigenvalue weighted by atomic mass is 35.5. The van der Waals surface area contributed by atoms with E-state index in [2.05, 4.69) is 5.32 Å². The highest BCUT2D eigenvalue weighted by Gasteiger charge is 2.26. The normalized spacial score (nSPS) is 11.0. The topological polar surface area (TPSA) is 32.3 Å². The molecule has 2 aromatic carbocycles. The van der Waals surface area contributed by atoms with Gasteiger partial charge in [-0.3, -0.25) is 4.90 Å². The molecule has 0 atom stereocenters. The average Bonchev–Trinajstić information content (AvgIpc) is 2.47. The average molecular weight is 303 g/mol. The number of nitrogens with zero attached hydrogens (tertiary/aromatic N) is 1. The molecule has 0 saturated heterocycles. The van der Waals surface area contributed by atoms with E-state index in [4.69, 9.17) is 11.6 Å². The van der Waals surface area contributed by atoms with E-state index in [0.717, 1.165) is 11.3 Å². The van der Waals surface area contributed by atoms with Gasteiger partial charge in [0.05, 0.1) is 5.54 Å². The number of rotatable bonds is 3. The number of hydrogen-bond donors (Lipinski definition) is 1. The summed E-state index contributed by atoms with van der Waals surface area (Å²) in [5.74, 6) is 0. The first-order chi connectivity index (χ1) is 9.92. The number of carbonyl (C=O) groups excluding carboxylic acids is 1. The number of nitrogens with one attached hydrogen (secondary N) is 1. The van der Waals surface area contributed by atoms with Crippen LogP contribution in [0.2, 0.25) is 5.02 Å². The van der Waals surface area contributed by atoms with E-state index >= 15 is 0 Å². The fourth-order valence-corrected chi connectivity index (χ4v) is 2.53. The van der Waals surface area contributed by atoms with Crippen LogP contribution in [0.15, 0.2) is 54.6 Å². The summed E-state index contributed by atoms with van der Waals surface area (Å²) in [5, 5.41) is 3.66. The van der Waals surface area contributed by atoms with Crippen molar-refractivity contribution in [2.75, 3.05) is 11.9 Å². The molecule has 110 valence electrons. The van der Waals surface area contributed by atoms with Crippen LogP contribution in [-0.2, 0) is 5.54 Å². The molecule has 0 bridgehead atoms. The van der Waals surface area contributed by atoms with E-state index in [0.29, 0.717) is 5.02 Å². The second kappa shape index (κ2) is 6.19. The van der Waals surface area contributed by atoms with Crippen LogP contribution in [0.1, 0.15) is 19.4 Å². The zero-order valence-corrected chi connectivity index (χ0v) is 13.2. The number of anilines is 1. The molecule has 0 saturated carbocycles. The molecule has 3 nitrogen and oxygen atoms in total. The Morgan fingerprint density at radius 2 is 1.62 bits per heavy atom. The number of carbonyl (C=O) groups is 1. The Kier molecular flexibility index (Phi) is 4.53. The Morgan fingerprint density at radius 1 is 1.05 bits per heavy atom. The van der Waals surface area contributed by atoms with Gasteiger partial charge in [0, 0.05) is 17.8 Å². The Bertz CT molecular complexity index is 626. The number of halogens is 1. The van der Waals surface area contributed by atoms with Crippen molar-refractivity contribution in [1.82, 2.24) is 5.32 Å². The standard InChI is InChI=1S/C17H19ClN2O/c1-17(2,14-11-7-8-12-15(14)18)19-16(21)20(3)13-9-5-4-6-10-13/h4-12H,1-3H3,(H,19,21). The molecule has 0 aliphatic carbocycles. The summed E-state index contributed by atoms with van der Waals surface area (Å²) in [7, 11) is 1.74. The van der Waals surface area contributed by atoms with Crippen LogP contribution in [0.4, 0.5) is 10.5 Å². The summed E-state index contributed by atoms with van der Waals surface area (Å²) in [6.07, 6.45) is 0. The molecule has 2 rings (SSSR count). The van der Waals surface area contributed by atoms with Crippen LogP contribution in [-0.4, -0.2) is 13.1 Å². The molecule has 0 aliphatic heterocycles. The van der Waals surface area contributed by atoms with Crippen molar-refractivity contribution in [3.05, 3.63) is 65.2 Å². The van der Waals surface area contributed by atoms with Crippen molar-refractivity contribution in [2.24, 2.45) is 0 Å². The Labute approximate surface area is 130 Å². The number of benzene rings is 2. The van der Waals surface area contributed by atoms with Crippen molar-refractivity contribution in [1.29, 1.82) is 0 Å². The summed E-state index contributed by atoms with van der Waals surface area (Å²) in [5.41, 5.74) is 1.17. The zero-order chi connectivity index (χ0) is 15.5.